The van der Waals surface area contributed by atoms with Crippen LogP contribution in [-0.2, 0) is 9.59 Å². The molecule has 128 valence electrons. The van der Waals surface area contributed by atoms with Crippen LogP contribution in [0.25, 0.3) is 0 Å². The van der Waals surface area contributed by atoms with E-state index in [2.05, 4.69) is 10.3 Å². The SMILES string of the molecule is CC(=O)C1(O)C2(C)CC(C)(C)C1(C(C)=Nc1ccccc1)NC2=O. The molecule has 0 radical (unpaired) electrons. The summed E-state index contributed by atoms with van der Waals surface area (Å²) in [7, 11) is 0. The molecule has 2 aliphatic rings. The molecule has 5 heteroatoms. The van der Waals surface area contributed by atoms with Gasteiger partial charge in [0.05, 0.1) is 11.1 Å². The van der Waals surface area contributed by atoms with Gasteiger partial charge < -0.3 is 10.4 Å². The number of hydrogen-bond acceptors (Lipinski definition) is 4. The maximum Gasteiger partial charge on any atom is 0.230 e. The monoisotopic (exact) mass is 328 g/mol. The molecule has 1 aromatic rings. The van der Waals surface area contributed by atoms with Gasteiger partial charge in [0.1, 0.15) is 5.54 Å². The molecule has 1 aliphatic carbocycles. The molecule has 3 unspecified atom stereocenters. The van der Waals surface area contributed by atoms with Gasteiger partial charge in [0.2, 0.25) is 5.91 Å². The first-order chi connectivity index (χ1) is 11.0. The van der Waals surface area contributed by atoms with Crippen LogP contribution in [0.5, 0.6) is 0 Å². The molecule has 1 aromatic carbocycles. The van der Waals surface area contributed by atoms with Crippen LogP contribution in [0, 0.1) is 10.8 Å². The summed E-state index contributed by atoms with van der Waals surface area (Å²) in [5.41, 5.74) is -3.43. The highest BCUT2D eigenvalue weighted by molar-refractivity contribution is 6.13. The third kappa shape index (κ3) is 1.66. The Morgan fingerprint density at radius 2 is 1.75 bits per heavy atom. The maximum atomic E-state index is 12.6. The van der Waals surface area contributed by atoms with Crippen LogP contribution in [0.1, 0.15) is 41.0 Å². The topological polar surface area (TPSA) is 78.8 Å². The average Bonchev–Trinajstić information content (AvgIpc) is 2.76. The Labute approximate surface area is 142 Å². The lowest BCUT2D eigenvalue weighted by Crippen LogP contribution is -2.69. The van der Waals surface area contributed by atoms with Crippen molar-refractivity contribution in [2.75, 3.05) is 0 Å². The summed E-state index contributed by atoms with van der Waals surface area (Å²) in [5.74, 6) is -0.696. The number of hydrogen-bond donors (Lipinski definition) is 2. The molecule has 1 aliphatic heterocycles. The fourth-order valence-electron chi connectivity index (χ4n) is 5.13. The number of amides is 1. The van der Waals surface area contributed by atoms with Gasteiger partial charge in [-0.1, -0.05) is 32.0 Å². The van der Waals surface area contributed by atoms with E-state index in [1.165, 1.54) is 6.92 Å². The third-order valence-corrected chi connectivity index (χ3v) is 6.06. The zero-order chi connectivity index (χ0) is 18.0. The van der Waals surface area contributed by atoms with Crippen LogP contribution >= 0.6 is 0 Å². The van der Waals surface area contributed by atoms with Crippen molar-refractivity contribution in [3.8, 4) is 0 Å². The van der Waals surface area contributed by atoms with E-state index >= 15 is 0 Å². The minimum Gasteiger partial charge on any atom is -0.378 e. The summed E-state index contributed by atoms with van der Waals surface area (Å²) >= 11 is 0. The first-order valence-electron chi connectivity index (χ1n) is 8.20. The van der Waals surface area contributed by atoms with E-state index in [4.69, 9.17) is 0 Å². The van der Waals surface area contributed by atoms with E-state index in [0.29, 0.717) is 12.1 Å². The molecular weight excluding hydrogens is 304 g/mol. The number of Topliss-reactive ketones (excluding diaryl/α,β-unsaturated/α-hetero) is 1. The van der Waals surface area contributed by atoms with Gasteiger partial charge in [0, 0.05) is 5.71 Å². The third-order valence-electron chi connectivity index (χ3n) is 6.06. The van der Waals surface area contributed by atoms with Crippen LogP contribution in [0.2, 0.25) is 0 Å². The number of carbonyl (C=O) groups is 2. The first-order valence-corrected chi connectivity index (χ1v) is 8.20. The normalized spacial score (nSPS) is 37.4. The summed E-state index contributed by atoms with van der Waals surface area (Å²) in [6.07, 6.45) is 0.420. The number of carbonyl (C=O) groups excluding carboxylic acids is 2. The van der Waals surface area contributed by atoms with E-state index in [9.17, 15) is 14.7 Å². The van der Waals surface area contributed by atoms with E-state index in [1.807, 2.05) is 44.2 Å². The number of ketones is 1. The van der Waals surface area contributed by atoms with Crippen LogP contribution in [-0.4, -0.2) is 33.6 Å². The molecule has 0 spiro atoms. The lowest BCUT2D eigenvalue weighted by atomic mass is 9.65. The Morgan fingerprint density at radius 1 is 1.17 bits per heavy atom. The van der Waals surface area contributed by atoms with Gasteiger partial charge in [-0.25, -0.2) is 0 Å². The molecule has 0 aromatic heterocycles. The fourth-order valence-corrected chi connectivity index (χ4v) is 5.13. The maximum absolute atomic E-state index is 12.6. The lowest BCUT2D eigenvalue weighted by molar-refractivity contribution is -0.150. The fraction of sp³-hybridized carbons (Fsp3) is 0.526. The number of rotatable bonds is 3. The van der Waals surface area contributed by atoms with Crippen LogP contribution in [0.15, 0.2) is 35.3 Å². The zero-order valence-electron chi connectivity index (χ0n) is 14.8. The standard InChI is InChI=1S/C19H24N2O3/c1-12(20-14-9-7-6-8-10-14)18-16(3,4)11-17(5,15(23)21-18)19(18,24)13(2)22/h6-10,24H,11H2,1-5H3,(H,21,23). The summed E-state index contributed by atoms with van der Waals surface area (Å²) < 4.78 is 0. The number of para-hydroxylation sites is 1. The van der Waals surface area contributed by atoms with Gasteiger partial charge in [0.25, 0.3) is 0 Å². The Kier molecular flexibility index (Phi) is 3.34. The molecule has 2 N–H and O–H groups in total. The summed E-state index contributed by atoms with van der Waals surface area (Å²) in [6, 6.07) is 9.35. The number of piperidine rings is 1. The number of nitrogens with one attached hydrogen (secondary N) is 1. The number of aliphatic imine (C=N–C) groups is 1. The Balaban J connectivity index is 2.27. The molecule has 1 saturated carbocycles. The Hall–Kier alpha value is -2.01. The number of nitrogens with zero attached hydrogens (tertiary/aromatic N) is 1. The second kappa shape index (κ2) is 4.76. The number of fused-ring (bicyclic) bond motifs is 2. The highest BCUT2D eigenvalue weighted by Crippen LogP contribution is 2.66. The second-order valence-corrected chi connectivity index (χ2v) is 7.90. The zero-order valence-corrected chi connectivity index (χ0v) is 14.8. The van der Waals surface area contributed by atoms with Gasteiger partial charge in [-0.3, -0.25) is 14.6 Å². The van der Waals surface area contributed by atoms with Crippen molar-refractivity contribution in [2.45, 2.75) is 52.2 Å². The number of aliphatic hydroxyl groups is 1. The molecule has 1 saturated heterocycles. The summed E-state index contributed by atoms with van der Waals surface area (Å²) in [5, 5.41) is 14.5. The minimum atomic E-state index is -1.82. The van der Waals surface area contributed by atoms with Crippen molar-refractivity contribution in [1.29, 1.82) is 0 Å². The molecular formula is C19H24N2O3. The van der Waals surface area contributed by atoms with Crippen molar-refractivity contribution in [1.82, 2.24) is 5.32 Å². The molecule has 1 amide bonds. The van der Waals surface area contributed by atoms with Crippen LogP contribution in [0.4, 0.5) is 5.69 Å². The Morgan fingerprint density at radius 3 is 2.29 bits per heavy atom. The van der Waals surface area contributed by atoms with Crippen molar-refractivity contribution in [2.24, 2.45) is 15.8 Å². The molecule has 3 rings (SSSR count). The van der Waals surface area contributed by atoms with Crippen LogP contribution < -0.4 is 5.32 Å². The van der Waals surface area contributed by atoms with Crippen molar-refractivity contribution < 1.29 is 14.7 Å². The Bertz CT molecular complexity index is 755. The van der Waals surface area contributed by atoms with Gasteiger partial charge in [-0.05, 0) is 44.7 Å². The first kappa shape index (κ1) is 16.8. The largest absolute Gasteiger partial charge is 0.378 e. The molecule has 5 nitrogen and oxygen atoms in total. The predicted octanol–water partition coefficient (Wildman–Crippen LogP) is 2.40. The molecule has 3 atom stereocenters. The van der Waals surface area contributed by atoms with E-state index in [0.717, 1.165) is 5.69 Å². The smallest absolute Gasteiger partial charge is 0.230 e. The summed E-state index contributed by atoms with van der Waals surface area (Å²) in [6.45, 7) is 8.74. The quantitative estimate of drug-likeness (QED) is 0.836. The molecule has 24 heavy (non-hydrogen) atoms. The molecule has 1 heterocycles. The second-order valence-electron chi connectivity index (χ2n) is 7.90. The highest BCUT2D eigenvalue weighted by Gasteiger charge is 2.83. The molecule has 2 bridgehead atoms. The van der Waals surface area contributed by atoms with Gasteiger partial charge >= 0.3 is 0 Å². The number of benzene rings is 1. The van der Waals surface area contributed by atoms with Gasteiger partial charge in [-0.15, -0.1) is 0 Å². The van der Waals surface area contributed by atoms with E-state index in [-0.39, 0.29) is 5.91 Å². The highest BCUT2D eigenvalue weighted by atomic mass is 16.3. The molecule has 2 fully saturated rings. The van der Waals surface area contributed by atoms with Crippen molar-refractivity contribution in [3.63, 3.8) is 0 Å². The van der Waals surface area contributed by atoms with E-state index < -0.39 is 27.8 Å². The average molecular weight is 328 g/mol. The summed E-state index contributed by atoms with van der Waals surface area (Å²) in [4.78, 5) is 29.8. The van der Waals surface area contributed by atoms with Crippen molar-refractivity contribution >= 4 is 23.1 Å². The lowest BCUT2D eigenvalue weighted by Gasteiger charge is -2.46. The van der Waals surface area contributed by atoms with Gasteiger partial charge in [0.15, 0.2) is 11.4 Å². The van der Waals surface area contributed by atoms with Gasteiger partial charge in [-0.2, -0.15) is 0 Å². The predicted molar refractivity (Wildman–Crippen MR) is 92.2 cm³/mol. The minimum absolute atomic E-state index is 0.290. The van der Waals surface area contributed by atoms with E-state index in [1.54, 1.807) is 13.8 Å². The van der Waals surface area contributed by atoms with Crippen molar-refractivity contribution in [3.05, 3.63) is 30.3 Å². The van der Waals surface area contributed by atoms with Crippen LogP contribution in [0.3, 0.4) is 0 Å².